The zero-order chi connectivity index (χ0) is 13.1. The van der Waals surface area contributed by atoms with E-state index >= 15 is 0 Å². The number of halogens is 1. The number of hydrogen-bond acceptors (Lipinski definition) is 1. The van der Waals surface area contributed by atoms with Crippen LogP contribution in [-0.2, 0) is 6.42 Å². The molecule has 0 fully saturated rings. The van der Waals surface area contributed by atoms with Gasteiger partial charge in [-0.15, -0.1) is 0 Å². The Labute approximate surface area is 107 Å². The highest BCUT2D eigenvalue weighted by molar-refractivity contribution is 5.30. The average molecular weight is 244 g/mol. The summed E-state index contributed by atoms with van der Waals surface area (Å²) < 4.78 is 13.0. The average Bonchev–Trinajstić information content (AvgIpc) is 2.33. The van der Waals surface area contributed by atoms with Gasteiger partial charge in [-0.1, -0.05) is 35.9 Å². The fraction of sp³-hybridized carbons (Fsp3) is 0.250. The molecule has 0 aromatic heterocycles. The maximum Gasteiger partial charge on any atom is 0.123 e. The topological polar surface area (TPSA) is 20.2 Å². The Morgan fingerprint density at radius 2 is 1.72 bits per heavy atom. The second-order valence-electron chi connectivity index (χ2n) is 4.70. The summed E-state index contributed by atoms with van der Waals surface area (Å²) in [6.07, 6.45) is -0.0374. The van der Waals surface area contributed by atoms with Gasteiger partial charge in [0.15, 0.2) is 0 Å². The Kier molecular flexibility index (Phi) is 3.78. The number of hydrogen-bond donors (Lipinski definition) is 1. The van der Waals surface area contributed by atoms with E-state index in [1.807, 2.05) is 38.1 Å². The van der Waals surface area contributed by atoms with Crippen molar-refractivity contribution in [3.05, 3.63) is 70.5 Å². The molecule has 2 aromatic rings. The van der Waals surface area contributed by atoms with Gasteiger partial charge in [-0.3, -0.25) is 0 Å². The molecular weight excluding hydrogens is 227 g/mol. The van der Waals surface area contributed by atoms with Gasteiger partial charge >= 0.3 is 0 Å². The first-order valence-corrected chi connectivity index (χ1v) is 6.06. The summed E-state index contributed by atoms with van der Waals surface area (Å²) in [6, 6.07) is 12.5. The van der Waals surface area contributed by atoms with Gasteiger partial charge in [0.05, 0.1) is 6.10 Å². The number of aliphatic hydroxyl groups is 1. The smallest absolute Gasteiger partial charge is 0.123 e. The lowest BCUT2D eigenvalue weighted by Crippen LogP contribution is -2.03. The van der Waals surface area contributed by atoms with Crippen LogP contribution in [0, 0.1) is 19.7 Å². The second kappa shape index (κ2) is 5.32. The van der Waals surface area contributed by atoms with Crippen LogP contribution in [0.5, 0.6) is 0 Å². The first-order valence-electron chi connectivity index (χ1n) is 6.06. The fourth-order valence-corrected chi connectivity index (χ4v) is 2.00. The molecule has 0 aliphatic heterocycles. The van der Waals surface area contributed by atoms with Crippen LogP contribution in [0.25, 0.3) is 0 Å². The van der Waals surface area contributed by atoms with Crippen molar-refractivity contribution >= 4 is 0 Å². The minimum absolute atomic E-state index is 0.235. The highest BCUT2D eigenvalue weighted by Gasteiger charge is 2.10. The van der Waals surface area contributed by atoms with E-state index in [2.05, 4.69) is 0 Å². The van der Waals surface area contributed by atoms with Crippen LogP contribution in [0.15, 0.2) is 42.5 Å². The van der Waals surface area contributed by atoms with Crippen molar-refractivity contribution in [1.82, 2.24) is 0 Å². The maximum absolute atomic E-state index is 13.0. The molecule has 0 radical (unpaired) electrons. The summed E-state index contributed by atoms with van der Waals surface area (Å²) in [4.78, 5) is 0. The normalized spacial score (nSPS) is 12.4. The Morgan fingerprint density at radius 1 is 1.06 bits per heavy atom. The predicted molar refractivity (Wildman–Crippen MR) is 71.0 cm³/mol. The predicted octanol–water partition coefficient (Wildman–Crippen LogP) is 3.72. The van der Waals surface area contributed by atoms with Crippen LogP contribution in [0.2, 0.25) is 0 Å². The molecule has 0 aliphatic rings. The summed E-state index contributed by atoms with van der Waals surface area (Å²) in [7, 11) is 0. The minimum Gasteiger partial charge on any atom is -0.388 e. The third-order valence-electron chi connectivity index (χ3n) is 3.18. The molecule has 2 heteroatoms. The van der Waals surface area contributed by atoms with Crippen LogP contribution >= 0.6 is 0 Å². The molecule has 0 saturated carbocycles. The molecule has 1 N–H and O–H groups in total. The van der Waals surface area contributed by atoms with E-state index in [1.54, 1.807) is 6.07 Å². The summed E-state index contributed by atoms with van der Waals surface area (Å²) in [5.74, 6) is -0.235. The molecule has 0 saturated heterocycles. The van der Waals surface area contributed by atoms with Gasteiger partial charge in [-0.25, -0.2) is 4.39 Å². The molecule has 18 heavy (non-hydrogen) atoms. The van der Waals surface area contributed by atoms with Gasteiger partial charge < -0.3 is 5.11 Å². The van der Waals surface area contributed by atoms with Crippen molar-refractivity contribution in [2.75, 3.05) is 0 Å². The number of aliphatic hydroxyl groups excluding tert-OH is 1. The van der Waals surface area contributed by atoms with E-state index in [9.17, 15) is 9.50 Å². The van der Waals surface area contributed by atoms with E-state index < -0.39 is 6.10 Å². The molecule has 0 aliphatic carbocycles. The van der Waals surface area contributed by atoms with E-state index in [4.69, 9.17) is 0 Å². The summed E-state index contributed by atoms with van der Waals surface area (Å²) in [5, 5.41) is 10.2. The number of rotatable bonds is 3. The summed E-state index contributed by atoms with van der Waals surface area (Å²) in [6.45, 7) is 3.88. The molecule has 1 nitrogen and oxygen atoms in total. The molecular formula is C16H17FO. The van der Waals surface area contributed by atoms with Crippen molar-refractivity contribution in [2.24, 2.45) is 0 Å². The van der Waals surface area contributed by atoms with Crippen molar-refractivity contribution in [3.63, 3.8) is 0 Å². The molecule has 0 amide bonds. The number of aryl methyl sites for hydroxylation is 2. The van der Waals surface area contributed by atoms with Crippen LogP contribution in [0.4, 0.5) is 4.39 Å². The van der Waals surface area contributed by atoms with Gasteiger partial charge in [-0.2, -0.15) is 0 Å². The Morgan fingerprint density at radius 3 is 2.33 bits per heavy atom. The van der Waals surface area contributed by atoms with Crippen LogP contribution in [0.3, 0.4) is 0 Å². The van der Waals surface area contributed by atoms with E-state index in [0.29, 0.717) is 6.42 Å². The summed E-state index contributed by atoms with van der Waals surface area (Å²) >= 11 is 0. The summed E-state index contributed by atoms with van der Waals surface area (Å²) in [5.41, 5.74) is 3.92. The second-order valence-corrected chi connectivity index (χ2v) is 4.70. The zero-order valence-electron chi connectivity index (χ0n) is 10.7. The largest absolute Gasteiger partial charge is 0.388 e. The van der Waals surface area contributed by atoms with Gasteiger partial charge in [0.2, 0.25) is 0 Å². The Hall–Kier alpha value is -1.67. The van der Waals surface area contributed by atoms with E-state index in [1.165, 1.54) is 17.7 Å². The first-order chi connectivity index (χ1) is 8.56. The Balaban J connectivity index is 2.15. The standard InChI is InChI=1S/C16H17FO/c1-11-3-5-13(6-4-11)16(18)10-14-7-8-15(17)9-12(14)2/h3-9,16,18H,10H2,1-2H3. The molecule has 1 unspecified atom stereocenters. The molecule has 1 atom stereocenters. The first kappa shape index (κ1) is 12.8. The molecule has 94 valence electrons. The molecule has 0 spiro atoms. The zero-order valence-corrected chi connectivity index (χ0v) is 10.7. The fourth-order valence-electron chi connectivity index (χ4n) is 2.00. The van der Waals surface area contributed by atoms with Gasteiger partial charge in [0.25, 0.3) is 0 Å². The van der Waals surface area contributed by atoms with Crippen molar-refractivity contribution in [3.8, 4) is 0 Å². The van der Waals surface area contributed by atoms with Crippen molar-refractivity contribution < 1.29 is 9.50 Å². The third-order valence-corrected chi connectivity index (χ3v) is 3.18. The lowest BCUT2D eigenvalue weighted by Gasteiger charge is -2.13. The van der Waals surface area contributed by atoms with E-state index in [0.717, 1.165) is 16.7 Å². The monoisotopic (exact) mass is 244 g/mol. The Bertz CT molecular complexity index is 531. The molecule has 0 bridgehead atoms. The van der Waals surface area contributed by atoms with Crippen LogP contribution < -0.4 is 0 Å². The number of benzene rings is 2. The maximum atomic E-state index is 13.0. The SMILES string of the molecule is Cc1ccc(C(O)Cc2ccc(F)cc2C)cc1. The highest BCUT2D eigenvalue weighted by atomic mass is 19.1. The third kappa shape index (κ3) is 2.96. The van der Waals surface area contributed by atoms with Gasteiger partial charge in [0.1, 0.15) is 5.82 Å². The molecule has 0 heterocycles. The van der Waals surface area contributed by atoms with Gasteiger partial charge in [0, 0.05) is 6.42 Å². The van der Waals surface area contributed by atoms with E-state index in [-0.39, 0.29) is 5.82 Å². The van der Waals surface area contributed by atoms with Gasteiger partial charge in [-0.05, 0) is 42.7 Å². The minimum atomic E-state index is -0.547. The van der Waals surface area contributed by atoms with Crippen molar-refractivity contribution in [1.29, 1.82) is 0 Å². The molecule has 2 aromatic carbocycles. The van der Waals surface area contributed by atoms with Crippen LogP contribution in [0.1, 0.15) is 28.4 Å². The molecule has 2 rings (SSSR count). The lowest BCUT2D eigenvalue weighted by molar-refractivity contribution is 0.178. The highest BCUT2D eigenvalue weighted by Crippen LogP contribution is 2.21. The lowest BCUT2D eigenvalue weighted by atomic mass is 9.97. The van der Waals surface area contributed by atoms with Crippen LogP contribution in [-0.4, -0.2) is 5.11 Å². The van der Waals surface area contributed by atoms with Crippen molar-refractivity contribution in [2.45, 2.75) is 26.4 Å². The quantitative estimate of drug-likeness (QED) is 0.872.